The van der Waals surface area contributed by atoms with Crippen LogP contribution < -0.4 is 38.7 Å². The third-order valence-corrected chi connectivity index (χ3v) is 5.79. The van der Waals surface area contributed by atoms with Gasteiger partial charge in [-0.3, -0.25) is 19.2 Å². The van der Waals surface area contributed by atoms with Crippen LogP contribution in [0.1, 0.15) is 31.2 Å². The summed E-state index contributed by atoms with van der Waals surface area (Å²) in [7, 11) is 4.03. The van der Waals surface area contributed by atoms with Crippen molar-refractivity contribution in [3.8, 4) is 5.75 Å². The Morgan fingerprint density at radius 2 is 1.82 bits per heavy atom. The average Bonchev–Trinajstić information content (AvgIpc) is 2.89. The summed E-state index contributed by atoms with van der Waals surface area (Å²) >= 11 is 0. The van der Waals surface area contributed by atoms with E-state index in [0.29, 0.717) is 30.7 Å². The van der Waals surface area contributed by atoms with Crippen LogP contribution in [0.5, 0.6) is 5.75 Å². The lowest BCUT2D eigenvalue weighted by Gasteiger charge is -2.24. The molecule has 0 spiro atoms. The van der Waals surface area contributed by atoms with Crippen LogP contribution in [0.2, 0.25) is 0 Å². The highest BCUT2D eigenvalue weighted by Gasteiger charge is 2.32. The van der Waals surface area contributed by atoms with Crippen molar-refractivity contribution in [2.75, 3.05) is 34.4 Å². The topological polar surface area (TPSA) is 171 Å². The first-order chi connectivity index (χ1) is 18.2. The van der Waals surface area contributed by atoms with E-state index >= 15 is 0 Å². The van der Waals surface area contributed by atoms with E-state index in [9.17, 15) is 19.2 Å². The van der Waals surface area contributed by atoms with Gasteiger partial charge in [0.2, 0.25) is 11.8 Å². The molecule has 3 rings (SSSR count). The van der Waals surface area contributed by atoms with E-state index in [0.717, 1.165) is 4.81 Å². The monoisotopic (exact) mass is 568 g/mol. The molecule has 0 saturated heterocycles. The van der Waals surface area contributed by atoms with Crippen LogP contribution in [0.15, 0.2) is 36.4 Å². The van der Waals surface area contributed by atoms with E-state index in [1.165, 1.54) is 14.2 Å². The standard InChI is InChI=1S/C25H36N6O7.ClH/c1-31(26)27-14-6-4-8-20-24(34)29-21(25(35)36-2)9-5-7-15-38-18-12-10-17(11-13-18)16-19(22(32)28-20)23(33)30-37-3;/h5,7,10-13,19-21H,4,6,8-9,14-16H2,1-3H3,(H4-,26,27,28,29,30,32,33,34);1H/b7-5-;/t19-,20-,21-;/m0./s1. The van der Waals surface area contributed by atoms with E-state index < -0.39 is 41.7 Å². The molecule has 216 valence electrons. The van der Waals surface area contributed by atoms with Crippen molar-refractivity contribution in [3.63, 3.8) is 0 Å². The van der Waals surface area contributed by atoms with Crippen LogP contribution >= 0.6 is 0 Å². The molecular formula is C25H37ClN6O7. The van der Waals surface area contributed by atoms with Gasteiger partial charge in [0.15, 0.2) is 7.05 Å². The molecule has 3 atom stereocenters. The van der Waals surface area contributed by atoms with Gasteiger partial charge in [-0.25, -0.2) is 10.3 Å². The molecule has 39 heavy (non-hydrogen) atoms. The van der Waals surface area contributed by atoms with Gasteiger partial charge in [-0.1, -0.05) is 24.3 Å². The summed E-state index contributed by atoms with van der Waals surface area (Å²) in [6, 6.07) is 4.97. The highest BCUT2D eigenvalue weighted by atomic mass is 35.5. The molecular weight excluding hydrogens is 532 g/mol. The van der Waals surface area contributed by atoms with Crippen molar-refractivity contribution < 1.29 is 50.7 Å². The quantitative estimate of drug-likeness (QED) is 0.0409. The first kappa shape index (κ1) is 33.3. The Hall–Kier alpha value is -3.71. The number of fused-ring (bicyclic) bond motifs is 13. The Kier molecular flexibility index (Phi) is 15.2. The number of rotatable bonds is 9. The summed E-state index contributed by atoms with van der Waals surface area (Å²) in [4.78, 5) is 57.4. The minimum atomic E-state index is -1.19. The smallest absolute Gasteiger partial charge is 0.328 e. The fraction of sp³-hybridized carbons (Fsp3) is 0.520. The summed E-state index contributed by atoms with van der Waals surface area (Å²) in [5.41, 5.74) is 13.1. The number of carbonyl (C=O) groups is 4. The SMILES string of the molecule is CONC(=O)[C@H]1Cc2ccc(cc2)OC/C=C\C[C@@H](C(=O)OC)NC(=O)[C@H](CCCCN[N+](C)=N)NC1=O.[Cl-]. The number of nitrogens with zero attached hydrogens (tertiary/aromatic N) is 1. The summed E-state index contributed by atoms with van der Waals surface area (Å²) in [5, 5.41) is 5.34. The van der Waals surface area contributed by atoms with Gasteiger partial charge >= 0.3 is 5.97 Å². The van der Waals surface area contributed by atoms with Crippen LogP contribution in [0.3, 0.4) is 0 Å². The van der Waals surface area contributed by atoms with Gasteiger partial charge in [0.25, 0.3) is 5.91 Å². The van der Waals surface area contributed by atoms with Gasteiger partial charge in [-0.2, -0.15) is 5.43 Å². The third kappa shape index (κ3) is 11.7. The van der Waals surface area contributed by atoms with Crippen molar-refractivity contribution in [2.24, 2.45) is 5.92 Å². The Morgan fingerprint density at radius 1 is 1.10 bits per heavy atom. The zero-order valence-corrected chi connectivity index (χ0v) is 23.1. The Balaban J connectivity index is 0.00000760. The lowest BCUT2D eigenvalue weighted by Crippen LogP contribution is -3.00. The van der Waals surface area contributed by atoms with Crippen molar-refractivity contribution in [1.82, 2.24) is 21.5 Å². The van der Waals surface area contributed by atoms with Gasteiger partial charge in [-0.15, -0.1) is 0 Å². The van der Waals surface area contributed by atoms with Crippen molar-refractivity contribution >= 4 is 23.7 Å². The fourth-order valence-electron chi connectivity index (χ4n) is 3.77. The zero-order chi connectivity index (χ0) is 27.9. The Bertz CT molecular complexity index is 1010. The molecule has 0 saturated carbocycles. The summed E-state index contributed by atoms with van der Waals surface area (Å²) < 4.78 is 10.5. The molecule has 2 bridgehead atoms. The van der Waals surface area contributed by atoms with E-state index in [-0.39, 0.29) is 38.3 Å². The number of benzene rings is 1. The molecule has 0 aromatic heterocycles. The molecule has 0 unspecified atom stereocenters. The summed E-state index contributed by atoms with van der Waals surface area (Å²) in [6.07, 6.45) is 5.03. The maximum atomic E-state index is 13.3. The number of hydrogen-bond donors (Lipinski definition) is 5. The second-order valence-corrected chi connectivity index (χ2v) is 8.70. The second kappa shape index (κ2) is 17.7. The molecule has 0 radical (unpaired) electrons. The molecule has 0 fully saturated rings. The van der Waals surface area contributed by atoms with Crippen LogP contribution in [0.4, 0.5) is 0 Å². The average molecular weight is 569 g/mol. The van der Waals surface area contributed by atoms with Crippen LogP contribution in [0, 0.1) is 11.4 Å². The first-order valence-electron chi connectivity index (χ1n) is 12.3. The summed E-state index contributed by atoms with van der Waals surface area (Å²) in [5.74, 6) is -3.15. The molecule has 13 nitrogen and oxygen atoms in total. The van der Waals surface area contributed by atoms with E-state index in [1.807, 2.05) is 0 Å². The number of amides is 3. The molecule has 1 aromatic carbocycles. The molecule has 2 aliphatic rings. The zero-order valence-electron chi connectivity index (χ0n) is 22.3. The summed E-state index contributed by atoms with van der Waals surface area (Å²) in [6.45, 7) is 0.735. The number of carbonyl (C=O) groups excluding carboxylic acids is 4. The van der Waals surface area contributed by atoms with Gasteiger partial charge in [0, 0.05) is 0 Å². The highest BCUT2D eigenvalue weighted by Crippen LogP contribution is 2.17. The second-order valence-electron chi connectivity index (χ2n) is 8.70. The molecule has 2 aliphatic heterocycles. The predicted molar refractivity (Wildman–Crippen MR) is 135 cm³/mol. The van der Waals surface area contributed by atoms with Crippen molar-refractivity contribution in [1.29, 1.82) is 5.53 Å². The van der Waals surface area contributed by atoms with E-state index in [4.69, 9.17) is 19.8 Å². The molecule has 2 heterocycles. The minimum Gasteiger partial charge on any atom is -1.00 e. The fourth-order valence-corrected chi connectivity index (χ4v) is 3.77. The highest BCUT2D eigenvalue weighted by molar-refractivity contribution is 6.02. The number of hydrogen-bond acceptors (Lipinski definition) is 8. The number of ether oxygens (including phenoxy) is 2. The molecule has 5 N–H and O–H groups in total. The first-order valence-corrected chi connectivity index (χ1v) is 12.3. The van der Waals surface area contributed by atoms with Crippen molar-refractivity contribution in [2.45, 2.75) is 44.2 Å². The predicted octanol–water partition coefficient (Wildman–Crippen LogP) is -2.64. The molecule has 1 aromatic rings. The van der Waals surface area contributed by atoms with Crippen LogP contribution in [-0.4, -0.2) is 75.0 Å². The van der Waals surface area contributed by atoms with Crippen LogP contribution in [0.25, 0.3) is 0 Å². The maximum absolute atomic E-state index is 13.3. The molecule has 14 heteroatoms. The number of hydrazine groups is 1. The molecule has 3 amide bonds. The Morgan fingerprint density at radius 3 is 2.46 bits per heavy atom. The number of halogens is 1. The number of hydroxylamine groups is 1. The number of methoxy groups -OCH3 is 1. The van der Waals surface area contributed by atoms with Gasteiger partial charge in [-0.05, 0) is 60.1 Å². The molecule has 0 aliphatic carbocycles. The normalized spacial score (nSPS) is 20.6. The van der Waals surface area contributed by atoms with E-state index in [1.54, 1.807) is 43.5 Å². The van der Waals surface area contributed by atoms with E-state index in [2.05, 4.69) is 21.5 Å². The number of esters is 1. The number of unbranched alkanes of at least 4 members (excludes halogenated alkanes) is 1. The van der Waals surface area contributed by atoms with Crippen molar-refractivity contribution in [3.05, 3.63) is 42.0 Å². The largest absolute Gasteiger partial charge is 1.00 e. The minimum absolute atomic E-state index is 0. The Labute approximate surface area is 233 Å². The van der Waals surface area contributed by atoms with Gasteiger partial charge in [0.05, 0.1) is 20.8 Å². The lowest BCUT2D eigenvalue weighted by atomic mass is 9.96. The maximum Gasteiger partial charge on any atom is 0.328 e. The number of nitrogens with one attached hydrogen (secondary N) is 5. The van der Waals surface area contributed by atoms with Gasteiger partial charge < -0.3 is 32.5 Å². The van der Waals surface area contributed by atoms with Gasteiger partial charge in [0.1, 0.15) is 30.4 Å². The third-order valence-electron chi connectivity index (χ3n) is 5.79. The lowest BCUT2D eigenvalue weighted by molar-refractivity contribution is -0.644. The van der Waals surface area contributed by atoms with Crippen LogP contribution in [-0.2, 0) is 35.2 Å².